The third-order valence-corrected chi connectivity index (χ3v) is 2.36. The van der Waals surface area contributed by atoms with Crippen LogP contribution in [0.25, 0.3) is 5.69 Å². The summed E-state index contributed by atoms with van der Waals surface area (Å²) in [4.78, 5) is 17.0. The molecule has 0 aliphatic carbocycles. The Morgan fingerprint density at radius 2 is 2.11 bits per heavy atom. The van der Waals surface area contributed by atoms with Crippen molar-refractivity contribution in [2.75, 3.05) is 5.32 Å². The van der Waals surface area contributed by atoms with E-state index in [0.717, 1.165) is 5.69 Å². The molecule has 8 nitrogen and oxygen atoms in total. The number of nitrogens with zero attached hydrogens (tertiary/aromatic N) is 5. The molecule has 2 aromatic heterocycles. The Morgan fingerprint density at radius 1 is 1.26 bits per heavy atom. The van der Waals surface area contributed by atoms with Gasteiger partial charge in [0.1, 0.15) is 6.33 Å². The summed E-state index contributed by atoms with van der Waals surface area (Å²) in [7, 11) is 0. The standard InChI is InChI=1S/C11H9N7O/c19-10(15-11-12-7-13-16-11)9-6-14-18(17-9)8-4-2-1-3-5-8/h1-7H,(H2,12,13,15,16,19). The van der Waals surface area contributed by atoms with Gasteiger partial charge in [-0.25, -0.2) is 5.10 Å². The van der Waals surface area contributed by atoms with Gasteiger partial charge in [-0.2, -0.15) is 20.0 Å². The van der Waals surface area contributed by atoms with E-state index in [-0.39, 0.29) is 11.6 Å². The predicted octanol–water partition coefficient (Wildman–Crippen LogP) is 0.638. The minimum atomic E-state index is -0.404. The van der Waals surface area contributed by atoms with Crippen LogP contribution in [-0.2, 0) is 0 Å². The van der Waals surface area contributed by atoms with Crippen molar-refractivity contribution in [2.24, 2.45) is 0 Å². The molecule has 0 radical (unpaired) electrons. The van der Waals surface area contributed by atoms with Gasteiger partial charge in [-0.1, -0.05) is 18.2 Å². The molecule has 0 aliphatic heterocycles. The molecule has 0 aliphatic rings. The zero-order valence-electron chi connectivity index (χ0n) is 9.69. The van der Waals surface area contributed by atoms with Gasteiger partial charge in [-0.15, -0.1) is 5.10 Å². The number of anilines is 1. The second-order valence-electron chi connectivity index (χ2n) is 3.64. The highest BCUT2D eigenvalue weighted by atomic mass is 16.2. The normalized spacial score (nSPS) is 10.3. The number of benzene rings is 1. The number of para-hydroxylation sites is 1. The van der Waals surface area contributed by atoms with Crippen LogP contribution in [0.3, 0.4) is 0 Å². The van der Waals surface area contributed by atoms with Crippen molar-refractivity contribution in [3.63, 3.8) is 0 Å². The lowest BCUT2D eigenvalue weighted by Crippen LogP contribution is -2.14. The zero-order valence-corrected chi connectivity index (χ0v) is 9.69. The quantitative estimate of drug-likeness (QED) is 0.715. The third-order valence-electron chi connectivity index (χ3n) is 2.36. The first-order valence-corrected chi connectivity index (χ1v) is 5.47. The number of carbonyl (C=O) groups is 1. The van der Waals surface area contributed by atoms with Crippen molar-refractivity contribution < 1.29 is 4.79 Å². The van der Waals surface area contributed by atoms with Gasteiger partial charge in [-0.3, -0.25) is 10.1 Å². The van der Waals surface area contributed by atoms with E-state index in [4.69, 9.17) is 0 Å². The fourth-order valence-electron chi connectivity index (χ4n) is 1.49. The highest BCUT2D eigenvalue weighted by Gasteiger charge is 2.12. The second-order valence-corrected chi connectivity index (χ2v) is 3.64. The van der Waals surface area contributed by atoms with E-state index in [1.807, 2.05) is 30.3 Å². The van der Waals surface area contributed by atoms with Crippen LogP contribution in [0, 0.1) is 0 Å². The molecule has 8 heteroatoms. The predicted molar refractivity (Wildman–Crippen MR) is 65.7 cm³/mol. The summed E-state index contributed by atoms with van der Waals surface area (Å²) >= 11 is 0. The van der Waals surface area contributed by atoms with Gasteiger partial charge in [0.05, 0.1) is 11.9 Å². The Balaban J connectivity index is 1.80. The summed E-state index contributed by atoms with van der Waals surface area (Å²) < 4.78 is 0. The fraction of sp³-hybridized carbons (Fsp3) is 0. The Morgan fingerprint density at radius 3 is 2.84 bits per heavy atom. The van der Waals surface area contributed by atoms with E-state index < -0.39 is 5.91 Å². The maximum atomic E-state index is 11.8. The lowest BCUT2D eigenvalue weighted by molar-refractivity contribution is 0.102. The average Bonchev–Trinajstić information content (AvgIpc) is 3.10. The van der Waals surface area contributed by atoms with Gasteiger partial charge >= 0.3 is 0 Å². The molecule has 0 atom stereocenters. The number of carbonyl (C=O) groups excluding carboxylic acids is 1. The van der Waals surface area contributed by atoms with Crippen molar-refractivity contribution in [3.05, 3.63) is 48.5 Å². The first-order valence-electron chi connectivity index (χ1n) is 5.47. The lowest BCUT2D eigenvalue weighted by atomic mass is 10.3. The number of nitrogens with one attached hydrogen (secondary N) is 2. The van der Waals surface area contributed by atoms with Crippen LogP contribution in [0.2, 0.25) is 0 Å². The molecule has 2 N–H and O–H groups in total. The summed E-state index contributed by atoms with van der Waals surface area (Å²) in [6.45, 7) is 0. The minimum absolute atomic E-state index is 0.195. The van der Waals surface area contributed by atoms with Crippen LogP contribution in [0.5, 0.6) is 0 Å². The molecule has 2 heterocycles. The molecular weight excluding hydrogens is 246 g/mol. The van der Waals surface area contributed by atoms with Crippen LogP contribution < -0.4 is 5.32 Å². The Labute approximate surface area is 107 Å². The van der Waals surface area contributed by atoms with Crippen LogP contribution in [0.4, 0.5) is 5.95 Å². The molecule has 0 saturated heterocycles. The highest BCUT2D eigenvalue weighted by Crippen LogP contribution is 2.05. The second kappa shape index (κ2) is 4.69. The first-order chi connectivity index (χ1) is 9.33. The molecule has 94 valence electrons. The number of aromatic nitrogens is 6. The molecule has 19 heavy (non-hydrogen) atoms. The number of hydrogen-bond acceptors (Lipinski definition) is 5. The first kappa shape index (κ1) is 11.1. The molecule has 0 saturated carbocycles. The summed E-state index contributed by atoms with van der Waals surface area (Å²) in [6, 6.07) is 9.32. The molecule has 0 fully saturated rings. The monoisotopic (exact) mass is 255 g/mol. The van der Waals surface area contributed by atoms with Gasteiger partial charge < -0.3 is 0 Å². The molecule has 0 spiro atoms. The number of hydrogen-bond donors (Lipinski definition) is 2. The van der Waals surface area contributed by atoms with Gasteiger partial charge in [0.2, 0.25) is 5.95 Å². The van der Waals surface area contributed by atoms with Gasteiger partial charge in [0.15, 0.2) is 5.69 Å². The van der Waals surface area contributed by atoms with Gasteiger partial charge in [0.25, 0.3) is 5.91 Å². The molecular formula is C11H9N7O. The van der Waals surface area contributed by atoms with Crippen molar-refractivity contribution in [2.45, 2.75) is 0 Å². The Hall–Kier alpha value is -3.03. The zero-order chi connectivity index (χ0) is 13.1. The summed E-state index contributed by atoms with van der Waals surface area (Å²) in [5.74, 6) is -0.141. The third kappa shape index (κ3) is 2.32. The molecule has 0 unspecified atom stereocenters. The summed E-state index contributed by atoms with van der Waals surface area (Å²) in [5, 5.41) is 16.8. The van der Waals surface area contributed by atoms with Gasteiger partial charge in [0, 0.05) is 0 Å². The van der Waals surface area contributed by atoms with Crippen molar-refractivity contribution >= 4 is 11.9 Å². The van der Waals surface area contributed by atoms with E-state index in [1.165, 1.54) is 17.3 Å². The van der Waals surface area contributed by atoms with Crippen molar-refractivity contribution in [3.8, 4) is 5.69 Å². The van der Waals surface area contributed by atoms with E-state index in [9.17, 15) is 4.79 Å². The maximum absolute atomic E-state index is 11.8. The SMILES string of the molecule is O=C(Nc1ncn[nH]1)c1cnn(-c2ccccc2)n1. The molecule has 0 bridgehead atoms. The fourth-order valence-corrected chi connectivity index (χ4v) is 1.49. The van der Waals surface area contributed by atoms with Crippen LogP contribution in [0.15, 0.2) is 42.9 Å². The Kier molecular flexibility index (Phi) is 2.73. The number of rotatable bonds is 3. The van der Waals surface area contributed by atoms with E-state index >= 15 is 0 Å². The van der Waals surface area contributed by atoms with E-state index in [0.29, 0.717) is 0 Å². The minimum Gasteiger partial charge on any atom is -0.289 e. The topological polar surface area (TPSA) is 101 Å². The number of H-pyrrole nitrogens is 1. The van der Waals surface area contributed by atoms with Crippen molar-refractivity contribution in [1.82, 2.24) is 30.2 Å². The molecule has 1 aromatic carbocycles. The molecule has 1 amide bonds. The summed E-state index contributed by atoms with van der Waals surface area (Å²) in [5.41, 5.74) is 0.974. The maximum Gasteiger partial charge on any atom is 0.280 e. The average molecular weight is 255 g/mol. The molecule has 3 aromatic rings. The van der Waals surface area contributed by atoms with E-state index in [1.54, 1.807) is 0 Å². The van der Waals surface area contributed by atoms with E-state index in [2.05, 4.69) is 30.7 Å². The Bertz CT molecular complexity index is 674. The smallest absolute Gasteiger partial charge is 0.280 e. The highest BCUT2D eigenvalue weighted by molar-refractivity contribution is 6.01. The lowest BCUT2D eigenvalue weighted by Gasteiger charge is -1.98. The van der Waals surface area contributed by atoms with Crippen LogP contribution >= 0.6 is 0 Å². The van der Waals surface area contributed by atoms with Crippen LogP contribution in [-0.4, -0.2) is 36.1 Å². The largest absolute Gasteiger partial charge is 0.289 e. The summed E-state index contributed by atoms with van der Waals surface area (Å²) in [6.07, 6.45) is 2.69. The van der Waals surface area contributed by atoms with Crippen LogP contribution in [0.1, 0.15) is 10.5 Å². The number of aromatic amines is 1. The molecule has 3 rings (SSSR count). The van der Waals surface area contributed by atoms with Gasteiger partial charge in [-0.05, 0) is 12.1 Å². The number of amides is 1. The van der Waals surface area contributed by atoms with Crippen molar-refractivity contribution in [1.29, 1.82) is 0 Å².